The van der Waals surface area contributed by atoms with Crippen LogP contribution in [0.15, 0.2) is 47.4 Å². The molecule has 2 aromatic rings. The van der Waals surface area contributed by atoms with Gasteiger partial charge in [0.1, 0.15) is 0 Å². The molecule has 3 rings (SSSR count). The van der Waals surface area contributed by atoms with Crippen molar-refractivity contribution in [1.82, 2.24) is 9.21 Å². The number of anilines is 1. The summed E-state index contributed by atoms with van der Waals surface area (Å²) in [6.07, 6.45) is 0. The van der Waals surface area contributed by atoms with Gasteiger partial charge >= 0.3 is 0 Å². The quantitative estimate of drug-likeness (QED) is 0.648. The molecule has 0 spiro atoms. The summed E-state index contributed by atoms with van der Waals surface area (Å²) in [5, 5.41) is 0. The Hall–Kier alpha value is -2.78. The minimum atomic E-state index is -3.70. The fourth-order valence-electron chi connectivity index (χ4n) is 3.48. The average Bonchev–Trinajstić information content (AvgIpc) is 2.82. The number of rotatable bonds is 7. The van der Waals surface area contributed by atoms with Gasteiger partial charge in [0.2, 0.25) is 10.0 Å². The van der Waals surface area contributed by atoms with Crippen molar-refractivity contribution < 1.29 is 22.7 Å². The lowest BCUT2D eigenvalue weighted by Crippen LogP contribution is -2.50. The number of piperazine rings is 1. The van der Waals surface area contributed by atoms with E-state index in [0.717, 1.165) is 12.2 Å². The molecule has 168 valence electrons. The van der Waals surface area contributed by atoms with Crippen LogP contribution in [0, 0.1) is 0 Å². The van der Waals surface area contributed by atoms with E-state index in [9.17, 15) is 13.2 Å². The van der Waals surface area contributed by atoms with E-state index < -0.39 is 10.0 Å². The number of hydrogen-bond acceptors (Lipinski definition) is 6. The van der Waals surface area contributed by atoms with Gasteiger partial charge in [0.25, 0.3) is 5.91 Å². The molecular weight excluding hydrogens is 418 g/mol. The largest absolute Gasteiger partial charge is 0.493 e. The first-order valence-corrected chi connectivity index (χ1v) is 11.6. The summed E-state index contributed by atoms with van der Waals surface area (Å²) in [6.45, 7) is 4.08. The highest BCUT2D eigenvalue weighted by atomic mass is 32.2. The van der Waals surface area contributed by atoms with Crippen LogP contribution in [0.25, 0.3) is 0 Å². The second-order valence-electron chi connectivity index (χ2n) is 7.27. The maximum absolute atomic E-state index is 13.1. The first kappa shape index (κ1) is 22.9. The molecule has 1 saturated heterocycles. The summed E-state index contributed by atoms with van der Waals surface area (Å²) in [5.74, 6) is 0.733. The minimum absolute atomic E-state index is 0.0890. The predicted octanol–water partition coefficient (Wildman–Crippen LogP) is 2.31. The number of ether oxygens (including phenoxy) is 2. The Morgan fingerprint density at radius 3 is 2.13 bits per heavy atom. The van der Waals surface area contributed by atoms with E-state index in [1.807, 2.05) is 31.3 Å². The molecule has 1 aliphatic rings. The van der Waals surface area contributed by atoms with Crippen LogP contribution >= 0.6 is 0 Å². The van der Waals surface area contributed by atoms with Gasteiger partial charge in [0.15, 0.2) is 11.5 Å². The molecule has 1 fully saturated rings. The van der Waals surface area contributed by atoms with Crippen molar-refractivity contribution >= 4 is 21.6 Å². The van der Waals surface area contributed by atoms with Crippen molar-refractivity contribution in [2.45, 2.75) is 11.8 Å². The van der Waals surface area contributed by atoms with E-state index in [4.69, 9.17) is 9.47 Å². The van der Waals surface area contributed by atoms with Gasteiger partial charge in [-0.3, -0.25) is 4.79 Å². The average molecular weight is 448 g/mol. The van der Waals surface area contributed by atoms with Crippen molar-refractivity contribution in [2.75, 3.05) is 58.9 Å². The summed E-state index contributed by atoms with van der Waals surface area (Å²) >= 11 is 0. The number of sulfonamides is 1. The number of carbonyl (C=O) groups is 1. The maximum Gasteiger partial charge on any atom is 0.253 e. The Kier molecular flexibility index (Phi) is 7.07. The second-order valence-corrected chi connectivity index (χ2v) is 9.21. The molecule has 1 amide bonds. The van der Waals surface area contributed by atoms with Gasteiger partial charge in [-0.25, -0.2) is 8.42 Å². The minimum Gasteiger partial charge on any atom is -0.493 e. The number of hydrogen-bond donors (Lipinski definition) is 0. The van der Waals surface area contributed by atoms with E-state index in [1.54, 1.807) is 11.0 Å². The van der Waals surface area contributed by atoms with Crippen LogP contribution < -0.4 is 14.4 Å². The van der Waals surface area contributed by atoms with Gasteiger partial charge in [-0.05, 0) is 43.3 Å². The van der Waals surface area contributed by atoms with Crippen LogP contribution in [0.4, 0.5) is 5.69 Å². The zero-order valence-corrected chi connectivity index (χ0v) is 19.2. The van der Waals surface area contributed by atoms with E-state index in [-0.39, 0.29) is 23.9 Å². The molecule has 0 N–H and O–H groups in total. The molecular formula is C22H29N3O5S. The molecule has 0 aliphatic carbocycles. The van der Waals surface area contributed by atoms with Crippen molar-refractivity contribution in [3.05, 3.63) is 48.0 Å². The first-order valence-electron chi connectivity index (χ1n) is 10.1. The Labute approximate surface area is 184 Å². The second kappa shape index (κ2) is 9.57. The highest BCUT2D eigenvalue weighted by Gasteiger charge is 2.31. The van der Waals surface area contributed by atoms with Crippen LogP contribution in [-0.2, 0) is 10.0 Å². The molecule has 1 heterocycles. The molecule has 0 radical (unpaired) electrons. The van der Waals surface area contributed by atoms with Gasteiger partial charge < -0.3 is 19.3 Å². The normalized spacial score (nSPS) is 14.9. The molecule has 1 aliphatic heterocycles. The number of methoxy groups -OCH3 is 2. The molecule has 2 aromatic carbocycles. The Morgan fingerprint density at radius 2 is 1.58 bits per heavy atom. The molecule has 0 unspecified atom stereocenters. The lowest BCUT2D eigenvalue weighted by atomic mass is 10.1. The fourth-order valence-corrected chi connectivity index (χ4v) is 4.92. The summed E-state index contributed by atoms with van der Waals surface area (Å²) in [4.78, 5) is 16.8. The lowest BCUT2D eigenvalue weighted by Gasteiger charge is -2.34. The van der Waals surface area contributed by atoms with Crippen LogP contribution in [0.3, 0.4) is 0 Å². The van der Waals surface area contributed by atoms with E-state index in [2.05, 4.69) is 11.8 Å². The van der Waals surface area contributed by atoms with E-state index >= 15 is 0 Å². The Morgan fingerprint density at radius 1 is 0.968 bits per heavy atom. The molecule has 31 heavy (non-hydrogen) atoms. The van der Waals surface area contributed by atoms with Gasteiger partial charge in [-0.15, -0.1) is 0 Å². The van der Waals surface area contributed by atoms with Crippen molar-refractivity contribution in [3.8, 4) is 11.5 Å². The van der Waals surface area contributed by atoms with Gasteiger partial charge in [-0.2, -0.15) is 4.31 Å². The zero-order valence-electron chi connectivity index (χ0n) is 18.4. The molecule has 0 atom stereocenters. The SMILES string of the molecule is CCN(C)c1ccc(C(=O)N2CCN(S(=O)(=O)c3ccc(OC)c(OC)c3)CC2)cc1. The summed E-state index contributed by atoms with van der Waals surface area (Å²) in [6, 6.07) is 12.0. The number of nitrogens with zero attached hydrogens (tertiary/aromatic N) is 3. The molecule has 0 saturated carbocycles. The summed E-state index contributed by atoms with van der Waals surface area (Å²) < 4.78 is 37.9. The fraction of sp³-hybridized carbons (Fsp3) is 0.409. The van der Waals surface area contributed by atoms with E-state index in [0.29, 0.717) is 30.2 Å². The van der Waals surface area contributed by atoms with Crippen LogP contribution in [0.5, 0.6) is 11.5 Å². The van der Waals surface area contributed by atoms with Crippen LogP contribution in [0.2, 0.25) is 0 Å². The van der Waals surface area contributed by atoms with Gasteiger partial charge in [0, 0.05) is 57.1 Å². The van der Waals surface area contributed by atoms with Gasteiger partial charge in [0.05, 0.1) is 19.1 Å². The number of benzene rings is 2. The van der Waals surface area contributed by atoms with Crippen molar-refractivity contribution in [2.24, 2.45) is 0 Å². The third-order valence-corrected chi connectivity index (χ3v) is 7.44. The third kappa shape index (κ3) is 4.77. The van der Waals surface area contributed by atoms with Crippen molar-refractivity contribution in [1.29, 1.82) is 0 Å². The lowest BCUT2D eigenvalue weighted by molar-refractivity contribution is 0.0698. The Balaban J connectivity index is 1.68. The molecule has 0 bridgehead atoms. The summed E-state index contributed by atoms with van der Waals surface area (Å²) in [7, 11) is 1.26. The van der Waals surface area contributed by atoms with Crippen molar-refractivity contribution in [3.63, 3.8) is 0 Å². The Bertz CT molecular complexity index is 1020. The topological polar surface area (TPSA) is 79.4 Å². The molecule has 0 aromatic heterocycles. The van der Waals surface area contributed by atoms with Crippen LogP contribution in [0.1, 0.15) is 17.3 Å². The highest BCUT2D eigenvalue weighted by molar-refractivity contribution is 7.89. The smallest absolute Gasteiger partial charge is 0.253 e. The third-order valence-electron chi connectivity index (χ3n) is 5.55. The zero-order chi connectivity index (χ0) is 22.6. The predicted molar refractivity (Wildman–Crippen MR) is 120 cm³/mol. The van der Waals surface area contributed by atoms with Crippen LogP contribution in [-0.4, -0.2) is 77.5 Å². The standard InChI is InChI=1S/C22H29N3O5S/c1-5-23(2)18-8-6-17(7-9-18)22(26)24-12-14-25(15-13-24)31(27,28)19-10-11-20(29-3)21(16-19)30-4/h6-11,16H,5,12-15H2,1-4H3. The van der Waals surface area contributed by atoms with E-state index in [1.165, 1.54) is 30.7 Å². The maximum atomic E-state index is 13.1. The first-order chi connectivity index (χ1) is 14.8. The molecule has 9 heteroatoms. The monoisotopic (exact) mass is 447 g/mol. The highest BCUT2D eigenvalue weighted by Crippen LogP contribution is 2.31. The van der Waals surface area contributed by atoms with Gasteiger partial charge in [-0.1, -0.05) is 0 Å². The summed E-state index contributed by atoms with van der Waals surface area (Å²) in [5.41, 5.74) is 1.65. The number of carbonyl (C=O) groups excluding carboxylic acids is 1. The number of amides is 1. The molecule has 8 nitrogen and oxygen atoms in total.